The molecule has 0 bridgehead atoms. The number of carbonyl (C=O) groups is 2. The number of rotatable bonds is 6. The van der Waals surface area contributed by atoms with E-state index in [-0.39, 0.29) is 37.2 Å². The molecule has 0 aromatic heterocycles. The Morgan fingerprint density at radius 2 is 1.73 bits per heavy atom. The summed E-state index contributed by atoms with van der Waals surface area (Å²) < 4.78 is 9.51. The molecule has 0 unspecified atom stereocenters. The van der Waals surface area contributed by atoms with Crippen LogP contribution in [0, 0.1) is 11.3 Å². The van der Waals surface area contributed by atoms with Crippen LogP contribution in [0.1, 0.15) is 27.2 Å². The molecule has 5 heteroatoms. The molecular weight excluding hydrogens is 198 g/mol. The second-order valence-electron chi connectivity index (χ2n) is 3.50. The lowest BCUT2D eigenvalue weighted by atomic mass is 10.2. The summed E-state index contributed by atoms with van der Waals surface area (Å²) in [6.45, 7) is 5.10. The van der Waals surface area contributed by atoms with Crippen molar-refractivity contribution in [2.45, 2.75) is 27.2 Å². The Morgan fingerprint density at radius 3 is 2.20 bits per heavy atom. The van der Waals surface area contributed by atoms with Crippen LogP contribution in [-0.4, -0.2) is 30.9 Å². The van der Waals surface area contributed by atoms with E-state index in [9.17, 15) is 9.59 Å². The minimum absolute atomic E-state index is 0.0157. The largest absolute Gasteiger partial charge is 0.462 e. The Balaban J connectivity index is 3.50. The molecule has 0 amide bonds. The van der Waals surface area contributed by atoms with Gasteiger partial charge in [-0.15, -0.1) is 0 Å². The summed E-state index contributed by atoms with van der Waals surface area (Å²) in [6, 6.07) is 0. The van der Waals surface area contributed by atoms with E-state index in [1.807, 2.05) is 0 Å². The summed E-state index contributed by atoms with van der Waals surface area (Å²) in [5.41, 5.74) is 0.249. The van der Waals surface area contributed by atoms with Gasteiger partial charge in [-0.05, 0) is 6.92 Å². The highest BCUT2D eigenvalue weighted by Gasteiger charge is 2.08. The molecule has 0 aliphatic rings. The number of hydrogen-bond acceptors (Lipinski definition) is 5. The molecule has 0 aromatic carbocycles. The number of nitrogens with one attached hydrogen (secondary N) is 1. The molecule has 0 radical (unpaired) electrons. The molecule has 0 heterocycles. The monoisotopic (exact) mass is 215 g/mol. The molecule has 0 fully saturated rings. The third-order valence-electron chi connectivity index (χ3n) is 1.47. The fourth-order valence-electron chi connectivity index (χ4n) is 0.732. The Kier molecular flexibility index (Phi) is 6.33. The zero-order valence-electron chi connectivity index (χ0n) is 9.33. The SMILES string of the molecule is CC(=N)CC(=O)OCCOC(=O)C(C)C. The Bertz CT molecular complexity index is 248. The molecule has 0 aliphatic carbocycles. The normalized spacial score (nSPS) is 9.87. The second kappa shape index (κ2) is 6.98. The quantitative estimate of drug-likeness (QED) is 0.410. The Morgan fingerprint density at radius 1 is 1.20 bits per heavy atom. The minimum atomic E-state index is -0.469. The van der Waals surface area contributed by atoms with Crippen molar-refractivity contribution in [2.75, 3.05) is 13.2 Å². The number of hydrogen-bond donors (Lipinski definition) is 1. The van der Waals surface area contributed by atoms with Crippen molar-refractivity contribution < 1.29 is 19.1 Å². The predicted octanol–water partition coefficient (Wildman–Crippen LogP) is 1.16. The minimum Gasteiger partial charge on any atom is -0.462 e. The highest BCUT2D eigenvalue weighted by molar-refractivity contribution is 5.95. The second-order valence-corrected chi connectivity index (χ2v) is 3.50. The first-order valence-corrected chi connectivity index (χ1v) is 4.79. The molecule has 0 aliphatic heterocycles. The molecule has 5 nitrogen and oxygen atoms in total. The number of carbonyl (C=O) groups excluding carboxylic acids is 2. The van der Waals surface area contributed by atoms with Gasteiger partial charge in [0.05, 0.1) is 12.3 Å². The van der Waals surface area contributed by atoms with Gasteiger partial charge in [0.15, 0.2) is 0 Å². The van der Waals surface area contributed by atoms with Gasteiger partial charge < -0.3 is 14.9 Å². The first-order valence-electron chi connectivity index (χ1n) is 4.79. The zero-order chi connectivity index (χ0) is 11.8. The van der Waals surface area contributed by atoms with Crippen molar-refractivity contribution >= 4 is 17.7 Å². The van der Waals surface area contributed by atoms with Crippen LogP contribution in [0.5, 0.6) is 0 Å². The Labute approximate surface area is 89.3 Å². The van der Waals surface area contributed by atoms with Crippen LogP contribution >= 0.6 is 0 Å². The standard InChI is InChI=1S/C10H17NO4/c1-7(2)10(13)15-5-4-14-9(12)6-8(3)11/h7,11H,4-6H2,1-3H3. The lowest BCUT2D eigenvalue weighted by molar-refractivity contribution is -0.153. The molecule has 0 rings (SSSR count). The van der Waals surface area contributed by atoms with Crippen molar-refractivity contribution in [3.63, 3.8) is 0 Å². The smallest absolute Gasteiger partial charge is 0.311 e. The van der Waals surface area contributed by atoms with Crippen LogP contribution in [0.4, 0.5) is 0 Å². The van der Waals surface area contributed by atoms with Gasteiger partial charge in [-0.25, -0.2) is 0 Å². The molecule has 0 aromatic rings. The lowest BCUT2D eigenvalue weighted by Gasteiger charge is -2.07. The van der Waals surface area contributed by atoms with Crippen molar-refractivity contribution in [2.24, 2.45) is 5.92 Å². The van der Waals surface area contributed by atoms with E-state index in [0.29, 0.717) is 0 Å². The van der Waals surface area contributed by atoms with Gasteiger partial charge in [0, 0.05) is 5.71 Å². The van der Waals surface area contributed by atoms with Crippen LogP contribution in [0.3, 0.4) is 0 Å². The third-order valence-corrected chi connectivity index (χ3v) is 1.47. The van der Waals surface area contributed by atoms with Gasteiger partial charge in [-0.2, -0.15) is 0 Å². The fraction of sp³-hybridized carbons (Fsp3) is 0.700. The third kappa shape index (κ3) is 7.66. The summed E-state index contributed by atoms with van der Waals surface area (Å²) in [5, 5.41) is 7.04. The topological polar surface area (TPSA) is 76.5 Å². The molecule has 0 saturated carbocycles. The predicted molar refractivity (Wildman–Crippen MR) is 54.8 cm³/mol. The van der Waals surface area contributed by atoms with Crippen LogP contribution in [0.25, 0.3) is 0 Å². The van der Waals surface area contributed by atoms with Gasteiger partial charge in [0.2, 0.25) is 0 Å². The van der Waals surface area contributed by atoms with Gasteiger partial charge >= 0.3 is 11.9 Å². The van der Waals surface area contributed by atoms with E-state index in [1.165, 1.54) is 6.92 Å². The van der Waals surface area contributed by atoms with Crippen LogP contribution in [-0.2, 0) is 19.1 Å². The van der Waals surface area contributed by atoms with E-state index < -0.39 is 5.97 Å². The molecule has 0 spiro atoms. The van der Waals surface area contributed by atoms with Gasteiger partial charge in [-0.1, -0.05) is 13.8 Å². The van der Waals surface area contributed by atoms with E-state index in [4.69, 9.17) is 14.9 Å². The average Bonchev–Trinajstić information content (AvgIpc) is 2.10. The molecule has 0 saturated heterocycles. The molecule has 1 N–H and O–H groups in total. The van der Waals surface area contributed by atoms with E-state index in [1.54, 1.807) is 13.8 Å². The van der Waals surface area contributed by atoms with Crippen LogP contribution in [0.15, 0.2) is 0 Å². The maximum Gasteiger partial charge on any atom is 0.311 e. The van der Waals surface area contributed by atoms with Crippen molar-refractivity contribution in [1.82, 2.24) is 0 Å². The molecule has 0 atom stereocenters. The number of ether oxygens (including phenoxy) is 2. The van der Waals surface area contributed by atoms with Crippen molar-refractivity contribution in [3.05, 3.63) is 0 Å². The molecule has 86 valence electrons. The van der Waals surface area contributed by atoms with E-state index in [2.05, 4.69) is 0 Å². The van der Waals surface area contributed by atoms with Crippen LogP contribution in [0.2, 0.25) is 0 Å². The Hall–Kier alpha value is -1.39. The van der Waals surface area contributed by atoms with E-state index >= 15 is 0 Å². The number of esters is 2. The van der Waals surface area contributed by atoms with Crippen molar-refractivity contribution in [1.29, 1.82) is 5.41 Å². The van der Waals surface area contributed by atoms with Gasteiger partial charge in [0.25, 0.3) is 0 Å². The van der Waals surface area contributed by atoms with Gasteiger partial charge in [-0.3, -0.25) is 9.59 Å². The lowest BCUT2D eigenvalue weighted by Crippen LogP contribution is -2.17. The highest BCUT2D eigenvalue weighted by Crippen LogP contribution is 1.95. The zero-order valence-corrected chi connectivity index (χ0v) is 9.33. The summed E-state index contributed by atoms with van der Waals surface area (Å²) in [4.78, 5) is 21.9. The maximum atomic E-state index is 11.0. The van der Waals surface area contributed by atoms with Crippen LogP contribution < -0.4 is 0 Å². The first kappa shape index (κ1) is 13.6. The summed E-state index contributed by atoms with van der Waals surface area (Å²) in [6.07, 6.45) is -0.0157. The molecular formula is C10H17NO4. The maximum absolute atomic E-state index is 11.0. The fourth-order valence-corrected chi connectivity index (χ4v) is 0.732. The average molecular weight is 215 g/mol. The summed E-state index contributed by atoms with van der Waals surface area (Å²) >= 11 is 0. The van der Waals surface area contributed by atoms with E-state index in [0.717, 1.165) is 0 Å². The first-order chi connectivity index (χ1) is 6.93. The molecule has 15 heavy (non-hydrogen) atoms. The summed E-state index contributed by atoms with van der Waals surface area (Å²) in [7, 11) is 0. The van der Waals surface area contributed by atoms with Crippen molar-refractivity contribution in [3.8, 4) is 0 Å². The van der Waals surface area contributed by atoms with Gasteiger partial charge in [0.1, 0.15) is 13.2 Å². The summed E-state index contributed by atoms with van der Waals surface area (Å²) in [5.74, 6) is -0.957. The highest BCUT2D eigenvalue weighted by atomic mass is 16.6.